The molecule has 1 aliphatic rings. The third-order valence-electron chi connectivity index (χ3n) is 3.33. The Morgan fingerprint density at radius 3 is 2.56 bits per heavy atom. The first-order valence-electron chi connectivity index (χ1n) is 6.58. The van der Waals surface area contributed by atoms with E-state index in [1.165, 1.54) is 12.8 Å². The average molecular weight is 226 g/mol. The zero-order valence-electron chi connectivity index (χ0n) is 11.0. The van der Waals surface area contributed by atoms with Crippen LogP contribution in [-0.4, -0.2) is 24.5 Å². The van der Waals surface area contributed by atoms with Crippen molar-refractivity contribution in [2.45, 2.75) is 59.0 Å². The minimum Gasteiger partial charge on any atom is -0.355 e. The van der Waals surface area contributed by atoms with Crippen molar-refractivity contribution in [3.05, 3.63) is 0 Å². The predicted molar refractivity (Wildman–Crippen MR) is 67.2 cm³/mol. The van der Waals surface area contributed by atoms with Crippen LogP contribution in [0.1, 0.15) is 47.0 Å². The summed E-state index contributed by atoms with van der Waals surface area (Å²) < 4.78 is 0. The molecule has 0 aromatic carbocycles. The number of nitrogens with one attached hydrogen (secondary N) is 2. The van der Waals surface area contributed by atoms with Crippen molar-refractivity contribution in [2.75, 3.05) is 6.54 Å². The average Bonchev–Trinajstić information content (AvgIpc) is 2.95. The van der Waals surface area contributed by atoms with E-state index in [-0.39, 0.29) is 11.9 Å². The summed E-state index contributed by atoms with van der Waals surface area (Å²) in [5.74, 6) is 1.59. The minimum absolute atomic E-state index is 0.0475. The topological polar surface area (TPSA) is 41.1 Å². The third-order valence-corrected chi connectivity index (χ3v) is 3.33. The van der Waals surface area contributed by atoms with E-state index < -0.39 is 0 Å². The zero-order valence-corrected chi connectivity index (χ0v) is 11.0. The molecule has 3 heteroatoms. The summed E-state index contributed by atoms with van der Waals surface area (Å²) in [5.41, 5.74) is 0. The smallest absolute Gasteiger partial charge is 0.236 e. The van der Waals surface area contributed by atoms with Gasteiger partial charge in [0.25, 0.3) is 0 Å². The Labute approximate surface area is 99.4 Å². The number of carbonyl (C=O) groups is 1. The number of rotatable bonds is 7. The van der Waals surface area contributed by atoms with Gasteiger partial charge in [0.05, 0.1) is 6.04 Å². The molecule has 0 aromatic heterocycles. The van der Waals surface area contributed by atoms with Gasteiger partial charge >= 0.3 is 0 Å². The van der Waals surface area contributed by atoms with Crippen molar-refractivity contribution in [3.63, 3.8) is 0 Å². The summed E-state index contributed by atoms with van der Waals surface area (Å²) in [6.45, 7) is 9.30. The summed E-state index contributed by atoms with van der Waals surface area (Å²) in [6.07, 6.45) is 3.51. The highest BCUT2D eigenvalue weighted by molar-refractivity contribution is 5.81. The van der Waals surface area contributed by atoms with Gasteiger partial charge in [-0.05, 0) is 31.6 Å². The van der Waals surface area contributed by atoms with Gasteiger partial charge in [0.2, 0.25) is 5.91 Å². The molecule has 1 fully saturated rings. The van der Waals surface area contributed by atoms with Gasteiger partial charge < -0.3 is 10.6 Å². The van der Waals surface area contributed by atoms with Crippen LogP contribution in [0, 0.1) is 11.8 Å². The summed E-state index contributed by atoms with van der Waals surface area (Å²) in [4.78, 5) is 11.7. The summed E-state index contributed by atoms with van der Waals surface area (Å²) >= 11 is 0. The molecule has 0 bridgehead atoms. The van der Waals surface area contributed by atoms with Crippen molar-refractivity contribution in [3.8, 4) is 0 Å². The van der Waals surface area contributed by atoms with Gasteiger partial charge in [0.15, 0.2) is 0 Å². The fourth-order valence-corrected chi connectivity index (χ4v) is 1.94. The van der Waals surface area contributed by atoms with E-state index in [1.54, 1.807) is 0 Å². The standard InChI is InChI=1S/C13H26N2O/c1-5-11-8-12(11)15-10(4)13(16)14-7-6-9(2)3/h9-12,15H,5-8H2,1-4H3,(H,14,16). The molecule has 0 saturated heterocycles. The van der Waals surface area contributed by atoms with E-state index in [1.807, 2.05) is 6.92 Å². The van der Waals surface area contributed by atoms with Crippen LogP contribution in [0.2, 0.25) is 0 Å². The highest BCUT2D eigenvalue weighted by Crippen LogP contribution is 2.33. The quantitative estimate of drug-likeness (QED) is 0.696. The Hall–Kier alpha value is -0.570. The van der Waals surface area contributed by atoms with Crippen molar-refractivity contribution < 1.29 is 4.79 Å². The fourth-order valence-electron chi connectivity index (χ4n) is 1.94. The molecular weight excluding hydrogens is 200 g/mol. The van der Waals surface area contributed by atoms with E-state index in [0.29, 0.717) is 12.0 Å². The monoisotopic (exact) mass is 226 g/mol. The van der Waals surface area contributed by atoms with Crippen molar-refractivity contribution in [1.82, 2.24) is 10.6 Å². The van der Waals surface area contributed by atoms with Gasteiger partial charge in [-0.15, -0.1) is 0 Å². The van der Waals surface area contributed by atoms with Crippen LogP contribution in [0.3, 0.4) is 0 Å². The van der Waals surface area contributed by atoms with Crippen LogP contribution in [0.15, 0.2) is 0 Å². The van der Waals surface area contributed by atoms with E-state index in [2.05, 4.69) is 31.4 Å². The maximum absolute atomic E-state index is 11.7. The molecule has 1 rings (SSSR count). The molecule has 2 N–H and O–H groups in total. The molecule has 16 heavy (non-hydrogen) atoms. The normalized spacial score (nSPS) is 25.6. The maximum atomic E-state index is 11.7. The van der Waals surface area contributed by atoms with Crippen LogP contribution in [0.5, 0.6) is 0 Å². The lowest BCUT2D eigenvalue weighted by atomic mass is 10.1. The molecule has 3 atom stereocenters. The minimum atomic E-state index is -0.0475. The van der Waals surface area contributed by atoms with Gasteiger partial charge in [-0.3, -0.25) is 4.79 Å². The molecule has 3 nitrogen and oxygen atoms in total. The Balaban J connectivity index is 2.11. The lowest BCUT2D eigenvalue weighted by Gasteiger charge is -2.14. The maximum Gasteiger partial charge on any atom is 0.236 e. The van der Waals surface area contributed by atoms with Gasteiger partial charge in [-0.25, -0.2) is 0 Å². The molecule has 1 saturated carbocycles. The molecule has 3 unspecified atom stereocenters. The molecule has 94 valence electrons. The first-order chi connectivity index (χ1) is 7.54. The highest BCUT2D eigenvalue weighted by Gasteiger charge is 2.36. The molecule has 0 aliphatic heterocycles. The summed E-state index contributed by atoms with van der Waals surface area (Å²) in [5, 5.41) is 6.36. The van der Waals surface area contributed by atoms with Gasteiger partial charge in [0, 0.05) is 12.6 Å². The van der Waals surface area contributed by atoms with Crippen molar-refractivity contribution in [2.24, 2.45) is 11.8 Å². The zero-order chi connectivity index (χ0) is 12.1. The Morgan fingerprint density at radius 1 is 1.38 bits per heavy atom. The van der Waals surface area contributed by atoms with E-state index in [0.717, 1.165) is 18.9 Å². The van der Waals surface area contributed by atoms with Crippen LogP contribution in [-0.2, 0) is 4.79 Å². The molecule has 0 aromatic rings. The predicted octanol–water partition coefficient (Wildman–Crippen LogP) is 1.93. The second-order valence-corrected chi connectivity index (χ2v) is 5.37. The largest absolute Gasteiger partial charge is 0.355 e. The molecule has 0 heterocycles. The van der Waals surface area contributed by atoms with Crippen LogP contribution < -0.4 is 10.6 Å². The molecule has 0 spiro atoms. The first kappa shape index (κ1) is 13.5. The second-order valence-electron chi connectivity index (χ2n) is 5.37. The third kappa shape index (κ3) is 4.52. The molecule has 1 aliphatic carbocycles. The van der Waals surface area contributed by atoms with Gasteiger partial charge in [-0.1, -0.05) is 27.2 Å². The molecule has 0 radical (unpaired) electrons. The van der Waals surface area contributed by atoms with Gasteiger partial charge in [0.1, 0.15) is 0 Å². The summed E-state index contributed by atoms with van der Waals surface area (Å²) in [6, 6.07) is 0.532. The Kier molecular flexibility index (Phi) is 5.26. The number of carbonyl (C=O) groups excluding carboxylic acids is 1. The van der Waals surface area contributed by atoms with Crippen molar-refractivity contribution >= 4 is 5.91 Å². The molecular formula is C13H26N2O. The number of hydrogen-bond donors (Lipinski definition) is 2. The van der Waals surface area contributed by atoms with Gasteiger partial charge in [-0.2, -0.15) is 0 Å². The van der Waals surface area contributed by atoms with Crippen LogP contribution >= 0.6 is 0 Å². The van der Waals surface area contributed by atoms with E-state index in [9.17, 15) is 4.79 Å². The van der Waals surface area contributed by atoms with E-state index in [4.69, 9.17) is 0 Å². The highest BCUT2D eigenvalue weighted by atomic mass is 16.2. The SMILES string of the molecule is CCC1CC1NC(C)C(=O)NCCC(C)C. The van der Waals surface area contributed by atoms with E-state index >= 15 is 0 Å². The lowest BCUT2D eigenvalue weighted by molar-refractivity contribution is -0.122. The second kappa shape index (κ2) is 6.24. The first-order valence-corrected chi connectivity index (χ1v) is 6.58. The molecule has 1 amide bonds. The fraction of sp³-hybridized carbons (Fsp3) is 0.923. The number of amides is 1. The Morgan fingerprint density at radius 2 is 2.06 bits per heavy atom. The summed E-state index contributed by atoms with van der Waals surface area (Å²) in [7, 11) is 0. The number of hydrogen-bond acceptors (Lipinski definition) is 2. The van der Waals surface area contributed by atoms with Crippen LogP contribution in [0.25, 0.3) is 0 Å². The Bertz CT molecular complexity index is 228. The van der Waals surface area contributed by atoms with Crippen LogP contribution in [0.4, 0.5) is 0 Å². The lowest BCUT2D eigenvalue weighted by Crippen LogP contribution is -2.43. The van der Waals surface area contributed by atoms with Crippen molar-refractivity contribution in [1.29, 1.82) is 0 Å².